The van der Waals surface area contributed by atoms with Gasteiger partial charge in [0.25, 0.3) is 5.91 Å². The average Bonchev–Trinajstić information content (AvgIpc) is 3.23. The van der Waals surface area contributed by atoms with Gasteiger partial charge in [-0.1, -0.05) is 29.8 Å². The number of benzene rings is 2. The van der Waals surface area contributed by atoms with Crippen molar-refractivity contribution in [2.24, 2.45) is 0 Å². The van der Waals surface area contributed by atoms with Crippen LogP contribution in [0.2, 0.25) is 5.02 Å². The van der Waals surface area contributed by atoms with Crippen molar-refractivity contribution in [1.82, 2.24) is 9.88 Å². The molecule has 150 valence electrons. The molecule has 0 bridgehead atoms. The summed E-state index contributed by atoms with van der Waals surface area (Å²) >= 11 is 6.36. The lowest BCUT2D eigenvalue weighted by Crippen LogP contribution is -2.33. The van der Waals surface area contributed by atoms with Crippen LogP contribution in [0.1, 0.15) is 21.5 Å². The summed E-state index contributed by atoms with van der Waals surface area (Å²) < 4.78 is 7.18. The number of hydrogen-bond donors (Lipinski definition) is 2. The van der Waals surface area contributed by atoms with Gasteiger partial charge in [-0.25, -0.2) is 0 Å². The van der Waals surface area contributed by atoms with Crippen LogP contribution in [0.4, 0.5) is 5.69 Å². The van der Waals surface area contributed by atoms with Crippen LogP contribution in [0, 0.1) is 13.8 Å². The Morgan fingerprint density at radius 3 is 2.34 bits per heavy atom. The number of nitrogens with one attached hydrogen (secondary N) is 2. The third-order valence-electron chi connectivity index (χ3n) is 4.55. The zero-order valence-electron chi connectivity index (χ0n) is 16.5. The summed E-state index contributed by atoms with van der Waals surface area (Å²) in [5, 5.41) is 5.85. The Balaban J connectivity index is 1.72. The van der Waals surface area contributed by atoms with Crippen molar-refractivity contribution in [3.8, 4) is 11.4 Å². The predicted molar refractivity (Wildman–Crippen MR) is 114 cm³/mol. The van der Waals surface area contributed by atoms with E-state index < -0.39 is 5.91 Å². The standard InChI is InChI=1S/C22H22ClN3O3/c1-14-7-6-8-15(2)21(14)25-20(27)13-24-22(28)16-11-17(23)18(12-19(16)29-3)26-9-4-5-10-26/h4-12H,13H2,1-3H3,(H,24,28)(H,25,27). The van der Waals surface area contributed by atoms with E-state index in [0.29, 0.717) is 16.5 Å². The van der Waals surface area contributed by atoms with Crippen molar-refractivity contribution in [3.63, 3.8) is 0 Å². The summed E-state index contributed by atoms with van der Waals surface area (Å²) in [5.41, 5.74) is 3.62. The zero-order chi connectivity index (χ0) is 21.0. The van der Waals surface area contributed by atoms with E-state index in [1.54, 1.807) is 6.07 Å². The van der Waals surface area contributed by atoms with Gasteiger partial charge in [-0.15, -0.1) is 0 Å². The molecule has 0 aliphatic heterocycles. The maximum atomic E-state index is 12.6. The molecule has 2 N–H and O–H groups in total. The number of rotatable bonds is 6. The molecule has 3 rings (SSSR count). The molecule has 7 heteroatoms. The second-order valence-electron chi connectivity index (χ2n) is 6.59. The van der Waals surface area contributed by atoms with Crippen molar-refractivity contribution in [3.05, 3.63) is 76.6 Å². The number of aromatic nitrogens is 1. The summed E-state index contributed by atoms with van der Waals surface area (Å²) in [5.74, 6) is -0.394. The van der Waals surface area contributed by atoms with Crippen LogP contribution in [-0.4, -0.2) is 30.0 Å². The molecule has 1 heterocycles. The number of methoxy groups -OCH3 is 1. The zero-order valence-corrected chi connectivity index (χ0v) is 17.2. The molecular formula is C22H22ClN3O3. The lowest BCUT2D eigenvalue weighted by Gasteiger charge is -2.14. The molecule has 6 nitrogen and oxygen atoms in total. The molecule has 0 aliphatic carbocycles. The van der Waals surface area contributed by atoms with Gasteiger partial charge in [0, 0.05) is 24.1 Å². The number of amides is 2. The molecule has 0 atom stereocenters. The fourth-order valence-electron chi connectivity index (χ4n) is 3.03. The number of ether oxygens (including phenoxy) is 1. The monoisotopic (exact) mass is 411 g/mol. The van der Waals surface area contributed by atoms with Gasteiger partial charge >= 0.3 is 0 Å². The van der Waals surface area contributed by atoms with Gasteiger partial charge in [0.15, 0.2) is 0 Å². The van der Waals surface area contributed by atoms with E-state index in [4.69, 9.17) is 16.3 Å². The van der Waals surface area contributed by atoms with Gasteiger partial charge in [0.1, 0.15) is 5.75 Å². The predicted octanol–water partition coefficient (Wildman–Crippen LogP) is 4.12. The molecule has 1 aromatic heterocycles. The van der Waals surface area contributed by atoms with Crippen LogP contribution in [0.5, 0.6) is 5.75 Å². The highest BCUT2D eigenvalue weighted by atomic mass is 35.5. The third-order valence-corrected chi connectivity index (χ3v) is 4.85. The number of halogens is 1. The first-order valence-electron chi connectivity index (χ1n) is 9.06. The Morgan fingerprint density at radius 2 is 1.72 bits per heavy atom. The quantitative estimate of drug-likeness (QED) is 0.640. The largest absolute Gasteiger partial charge is 0.496 e. The van der Waals surface area contributed by atoms with Crippen molar-refractivity contribution in [2.45, 2.75) is 13.8 Å². The van der Waals surface area contributed by atoms with Crippen LogP contribution >= 0.6 is 11.6 Å². The number of nitrogens with zero attached hydrogens (tertiary/aromatic N) is 1. The van der Waals surface area contributed by atoms with Crippen molar-refractivity contribution in [2.75, 3.05) is 19.0 Å². The first-order chi connectivity index (χ1) is 13.9. The maximum absolute atomic E-state index is 12.6. The van der Waals surface area contributed by atoms with E-state index in [0.717, 1.165) is 16.8 Å². The highest BCUT2D eigenvalue weighted by Crippen LogP contribution is 2.30. The Kier molecular flexibility index (Phi) is 6.24. The Labute approximate surface area is 174 Å². The number of hydrogen-bond acceptors (Lipinski definition) is 3. The lowest BCUT2D eigenvalue weighted by atomic mass is 10.1. The third kappa shape index (κ3) is 4.60. The number of aryl methyl sites for hydroxylation is 2. The van der Waals surface area contributed by atoms with Crippen molar-refractivity contribution >= 4 is 29.1 Å². The Bertz CT molecular complexity index is 1030. The Hall–Kier alpha value is -3.25. The SMILES string of the molecule is COc1cc(-n2cccc2)c(Cl)cc1C(=O)NCC(=O)Nc1c(C)cccc1C. The van der Waals surface area contributed by atoms with Crippen molar-refractivity contribution in [1.29, 1.82) is 0 Å². The van der Waals surface area contributed by atoms with Gasteiger partial charge in [0.2, 0.25) is 5.91 Å². The van der Waals surface area contributed by atoms with Crippen molar-refractivity contribution < 1.29 is 14.3 Å². The molecule has 0 fully saturated rings. The molecule has 2 amide bonds. The van der Waals surface area contributed by atoms with Crippen LogP contribution in [-0.2, 0) is 4.79 Å². The van der Waals surface area contributed by atoms with E-state index in [9.17, 15) is 9.59 Å². The summed E-state index contributed by atoms with van der Waals surface area (Å²) in [7, 11) is 1.48. The van der Waals surface area contributed by atoms with E-state index in [2.05, 4.69) is 10.6 Å². The minimum Gasteiger partial charge on any atom is -0.496 e. The molecule has 0 spiro atoms. The normalized spacial score (nSPS) is 10.5. The smallest absolute Gasteiger partial charge is 0.255 e. The molecule has 2 aromatic carbocycles. The summed E-state index contributed by atoms with van der Waals surface area (Å²) in [4.78, 5) is 24.9. The molecule has 0 saturated carbocycles. The lowest BCUT2D eigenvalue weighted by molar-refractivity contribution is -0.115. The second-order valence-corrected chi connectivity index (χ2v) is 7.00. The molecule has 3 aromatic rings. The van der Waals surface area contributed by atoms with Crippen LogP contribution in [0.15, 0.2) is 54.9 Å². The molecule has 0 radical (unpaired) electrons. The number of para-hydroxylation sites is 1. The fraction of sp³-hybridized carbons (Fsp3) is 0.182. The first kappa shape index (κ1) is 20.5. The molecule has 0 aliphatic rings. The molecule has 0 saturated heterocycles. The van der Waals surface area contributed by atoms with Gasteiger partial charge in [0.05, 0.1) is 29.9 Å². The fourth-order valence-corrected chi connectivity index (χ4v) is 3.29. The molecular weight excluding hydrogens is 390 g/mol. The maximum Gasteiger partial charge on any atom is 0.255 e. The minimum atomic E-state index is -0.445. The van der Waals surface area contributed by atoms with E-state index in [-0.39, 0.29) is 18.0 Å². The van der Waals surface area contributed by atoms with Gasteiger partial charge in [-0.2, -0.15) is 0 Å². The minimum absolute atomic E-state index is 0.174. The summed E-state index contributed by atoms with van der Waals surface area (Å²) in [6.07, 6.45) is 3.69. The topological polar surface area (TPSA) is 72.4 Å². The van der Waals surface area contributed by atoms with Crippen LogP contribution < -0.4 is 15.4 Å². The second kappa shape index (κ2) is 8.84. The van der Waals surface area contributed by atoms with Gasteiger partial charge in [-0.05, 0) is 43.2 Å². The van der Waals surface area contributed by atoms with E-state index in [1.165, 1.54) is 13.2 Å². The first-order valence-corrected chi connectivity index (χ1v) is 9.43. The highest BCUT2D eigenvalue weighted by molar-refractivity contribution is 6.33. The summed E-state index contributed by atoms with van der Waals surface area (Å²) in [6.45, 7) is 3.66. The Morgan fingerprint density at radius 1 is 1.07 bits per heavy atom. The van der Waals surface area contributed by atoms with E-state index in [1.807, 2.05) is 61.1 Å². The van der Waals surface area contributed by atoms with Crippen LogP contribution in [0.25, 0.3) is 5.69 Å². The van der Waals surface area contributed by atoms with Gasteiger partial charge in [-0.3, -0.25) is 9.59 Å². The molecule has 29 heavy (non-hydrogen) atoms. The average molecular weight is 412 g/mol. The van der Waals surface area contributed by atoms with E-state index >= 15 is 0 Å². The number of carbonyl (C=O) groups is 2. The summed E-state index contributed by atoms with van der Waals surface area (Å²) in [6, 6.07) is 12.7. The van der Waals surface area contributed by atoms with Gasteiger partial charge < -0.3 is 19.9 Å². The van der Waals surface area contributed by atoms with Crippen LogP contribution in [0.3, 0.4) is 0 Å². The number of carbonyl (C=O) groups excluding carboxylic acids is 2. The molecule has 0 unspecified atom stereocenters. The highest BCUT2D eigenvalue weighted by Gasteiger charge is 2.17. The number of anilines is 1.